The van der Waals surface area contributed by atoms with Gasteiger partial charge < -0.3 is 4.74 Å². The average molecular weight is 236 g/mol. The lowest BCUT2D eigenvalue weighted by molar-refractivity contribution is 0.410. The highest BCUT2D eigenvalue weighted by Gasteiger charge is 2.37. The van der Waals surface area contributed by atoms with Crippen LogP contribution in [0.4, 0.5) is 0 Å². The highest BCUT2D eigenvalue weighted by atomic mass is 32.2. The van der Waals surface area contributed by atoms with E-state index in [-0.39, 0.29) is 0 Å². The zero-order chi connectivity index (χ0) is 11.9. The van der Waals surface area contributed by atoms with E-state index in [0.29, 0.717) is 4.75 Å². The number of rotatable bonds is 2. The Morgan fingerprint density at radius 3 is 2.31 bits per heavy atom. The van der Waals surface area contributed by atoms with Gasteiger partial charge in [-0.3, -0.25) is 0 Å². The Bertz CT molecular complexity index is 419. The number of thioether (sulfide) groups is 1. The summed E-state index contributed by atoms with van der Waals surface area (Å²) in [5, 5.41) is 0. The minimum atomic E-state index is 0.338. The van der Waals surface area contributed by atoms with Crippen LogP contribution < -0.4 is 4.74 Å². The molecule has 1 fully saturated rings. The van der Waals surface area contributed by atoms with E-state index in [1.165, 1.54) is 34.4 Å². The fourth-order valence-electron chi connectivity index (χ4n) is 2.68. The first kappa shape index (κ1) is 11.8. The van der Waals surface area contributed by atoms with Gasteiger partial charge in [0.15, 0.2) is 0 Å². The van der Waals surface area contributed by atoms with Crippen LogP contribution in [0, 0.1) is 20.8 Å². The van der Waals surface area contributed by atoms with Gasteiger partial charge in [-0.1, -0.05) is 0 Å². The van der Waals surface area contributed by atoms with E-state index in [4.69, 9.17) is 4.74 Å². The molecule has 0 amide bonds. The van der Waals surface area contributed by atoms with Crippen LogP contribution in [0.25, 0.3) is 0 Å². The van der Waals surface area contributed by atoms with Gasteiger partial charge in [0.1, 0.15) is 5.75 Å². The van der Waals surface area contributed by atoms with Crippen molar-refractivity contribution in [3.63, 3.8) is 0 Å². The maximum atomic E-state index is 5.42. The van der Waals surface area contributed by atoms with Crippen molar-refractivity contribution in [2.45, 2.75) is 38.9 Å². The topological polar surface area (TPSA) is 9.23 Å². The molecule has 1 unspecified atom stereocenters. The number of hydrogen-bond donors (Lipinski definition) is 0. The van der Waals surface area contributed by atoms with Crippen LogP contribution in [0.3, 0.4) is 0 Å². The molecule has 0 aliphatic carbocycles. The maximum absolute atomic E-state index is 5.42. The first-order valence-electron chi connectivity index (χ1n) is 5.79. The summed E-state index contributed by atoms with van der Waals surface area (Å²) in [6.07, 6.45) is 1.30. The van der Waals surface area contributed by atoms with Gasteiger partial charge in [0.05, 0.1) is 7.11 Å². The highest BCUT2D eigenvalue weighted by molar-refractivity contribution is 8.01. The zero-order valence-electron chi connectivity index (χ0n) is 10.8. The molecule has 1 aliphatic rings. The lowest BCUT2D eigenvalue weighted by Crippen LogP contribution is -2.30. The van der Waals surface area contributed by atoms with Crippen molar-refractivity contribution >= 4 is 11.8 Å². The Kier molecular flexibility index (Phi) is 2.95. The Labute approximate surface area is 103 Å². The third-order valence-electron chi connectivity index (χ3n) is 3.80. The minimum absolute atomic E-state index is 0.338. The second kappa shape index (κ2) is 3.99. The monoisotopic (exact) mass is 236 g/mol. The van der Waals surface area contributed by atoms with Crippen molar-refractivity contribution in [1.82, 2.24) is 0 Å². The molecule has 1 heterocycles. The van der Waals surface area contributed by atoms with Gasteiger partial charge in [-0.2, -0.15) is 11.8 Å². The molecule has 0 bridgehead atoms. The van der Waals surface area contributed by atoms with E-state index < -0.39 is 0 Å². The van der Waals surface area contributed by atoms with Crippen LogP contribution in [-0.2, 0) is 4.75 Å². The van der Waals surface area contributed by atoms with E-state index in [0.717, 1.165) is 5.75 Å². The molecule has 0 aromatic heterocycles. The first-order chi connectivity index (χ1) is 7.49. The number of hydrogen-bond acceptors (Lipinski definition) is 2. The zero-order valence-corrected chi connectivity index (χ0v) is 11.6. The summed E-state index contributed by atoms with van der Waals surface area (Å²) in [7, 11) is 1.75. The Hall–Kier alpha value is -0.630. The largest absolute Gasteiger partial charge is 0.496 e. The molecule has 2 heteroatoms. The Morgan fingerprint density at radius 2 is 1.88 bits per heavy atom. The summed E-state index contributed by atoms with van der Waals surface area (Å²) in [6, 6.07) is 2.18. The molecule has 1 aromatic carbocycles. The van der Waals surface area contributed by atoms with Crippen LogP contribution in [0.15, 0.2) is 6.07 Å². The fourth-order valence-corrected chi connectivity index (χ4v) is 3.95. The predicted molar refractivity (Wildman–Crippen MR) is 71.6 cm³/mol. The van der Waals surface area contributed by atoms with Crippen LogP contribution in [0.1, 0.15) is 35.6 Å². The molecule has 1 aromatic rings. The van der Waals surface area contributed by atoms with Gasteiger partial charge in [-0.15, -0.1) is 0 Å². The van der Waals surface area contributed by atoms with Gasteiger partial charge in [0, 0.05) is 4.75 Å². The number of methoxy groups -OCH3 is 1. The number of ether oxygens (including phenoxy) is 1. The van der Waals surface area contributed by atoms with E-state index in [9.17, 15) is 0 Å². The van der Waals surface area contributed by atoms with Gasteiger partial charge in [0.2, 0.25) is 0 Å². The molecule has 2 rings (SSSR count). The summed E-state index contributed by atoms with van der Waals surface area (Å²) in [5.41, 5.74) is 5.60. The van der Waals surface area contributed by atoms with Gasteiger partial charge >= 0.3 is 0 Å². The van der Waals surface area contributed by atoms with Crippen LogP contribution >= 0.6 is 11.8 Å². The molecule has 16 heavy (non-hydrogen) atoms. The number of benzene rings is 1. The van der Waals surface area contributed by atoms with Crippen LogP contribution in [0.2, 0.25) is 0 Å². The quantitative estimate of drug-likeness (QED) is 0.768. The van der Waals surface area contributed by atoms with Crippen molar-refractivity contribution in [2.24, 2.45) is 0 Å². The fraction of sp³-hybridized carbons (Fsp3) is 0.571. The highest BCUT2D eigenvalue weighted by Crippen LogP contribution is 2.51. The van der Waals surface area contributed by atoms with Crippen molar-refractivity contribution in [1.29, 1.82) is 0 Å². The van der Waals surface area contributed by atoms with Gasteiger partial charge in [0.25, 0.3) is 0 Å². The third kappa shape index (κ3) is 1.64. The molecule has 0 spiro atoms. The second-order valence-electron chi connectivity index (χ2n) is 4.85. The standard InChI is InChI=1S/C14H20OS/c1-9-8-12(15-5)10(2)11(3)13(9)14(4)6-7-16-14/h8H,6-7H2,1-5H3. The first-order valence-corrected chi connectivity index (χ1v) is 6.77. The Balaban J connectivity index is 2.58. The molecule has 88 valence electrons. The van der Waals surface area contributed by atoms with E-state index in [1.807, 2.05) is 0 Å². The molecular formula is C14H20OS. The molecule has 0 saturated carbocycles. The maximum Gasteiger partial charge on any atom is 0.122 e. The molecular weight excluding hydrogens is 216 g/mol. The molecule has 1 aliphatic heterocycles. The van der Waals surface area contributed by atoms with Gasteiger partial charge in [-0.05, 0) is 68.2 Å². The molecule has 1 atom stereocenters. The SMILES string of the molecule is COc1cc(C)c(C2(C)CCS2)c(C)c1C. The van der Waals surface area contributed by atoms with Crippen molar-refractivity contribution in [2.75, 3.05) is 12.9 Å². The molecule has 1 nitrogen and oxygen atoms in total. The predicted octanol–water partition coefficient (Wildman–Crippen LogP) is 3.97. The van der Waals surface area contributed by atoms with E-state index >= 15 is 0 Å². The van der Waals surface area contributed by atoms with Gasteiger partial charge in [-0.25, -0.2) is 0 Å². The average Bonchev–Trinajstić information content (AvgIpc) is 2.21. The summed E-state index contributed by atoms with van der Waals surface area (Å²) in [6.45, 7) is 8.95. The van der Waals surface area contributed by atoms with E-state index in [1.54, 1.807) is 7.11 Å². The summed E-state index contributed by atoms with van der Waals surface area (Å²) >= 11 is 2.07. The smallest absolute Gasteiger partial charge is 0.122 e. The lowest BCUT2D eigenvalue weighted by Gasteiger charge is -2.41. The summed E-state index contributed by atoms with van der Waals surface area (Å²) in [5.74, 6) is 2.31. The van der Waals surface area contributed by atoms with Crippen molar-refractivity contribution in [3.8, 4) is 5.75 Å². The minimum Gasteiger partial charge on any atom is -0.496 e. The van der Waals surface area contributed by atoms with Crippen molar-refractivity contribution < 1.29 is 4.74 Å². The molecule has 0 N–H and O–H groups in total. The van der Waals surface area contributed by atoms with Crippen molar-refractivity contribution in [3.05, 3.63) is 28.3 Å². The third-order valence-corrected chi connectivity index (χ3v) is 5.25. The molecule has 1 saturated heterocycles. The normalized spacial score (nSPS) is 24.1. The molecule has 0 radical (unpaired) electrons. The summed E-state index contributed by atoms with van der Waals surface area (Å²) < 4.78 is 5.76. The Morgan fingerprint density at radius 1 is 1.25 bits per heavy atom. The lowest BCUT2D eigenvalue weighted by atomic mass is 9.86. The second-order valence-corrected chi connectivity index (χ2v) is 6.45. The summed E-state index contributed by atoms with van der Waals surface area (Å²) in [4.78, 5) is 0. The van der Waals surface area contributed by atoms with Crippen LogP contribution in [-0.4, -0.2) is 12.9 Å². The van der Waals surface area contributed by atoms with E-state index in [2.05, 4.69) is 45.5 Å². The van der Waals surface area contributed by atoms with Crippen LogP contribution in [0.5, 0.6) is 5.75 Å². The number of aryl methyl sites for hydroxylation is 1.